The van der Waals surface area contributed by atoms with Gasteiger partial charge in [0.05, 0.1) is 39.7 Å². The van der Waals surface area contributed by atoms with Crippen molar-refractivity contribution in [2.24, 2.45) is 64.6 Å². The van der Waals surface area contributed by atoms with Gasteiger partial charge in [-0.3, -0.25) is 14.4 Å². The molecule has 0 spiro atoms. The van der Waals surface area contributed by atoms with Gasteiger partial charge in [-0.1, -0.05) is 99.5 Å². The van der Waals surface area contributed by atoms with E-state index in [9.17, 15) is 9.90 Å². The third kappa shape index (κ3) is 12.1. The molecule has 2 saturated heterocycles. The van der Waals surface area contributed by atoms with Crippen LogP contribution >= 0.6 is 0 Å². The number of aliphatic hydroxyl groups is 1. The fourth-order valence-electron chi connectivity index (χ4n) is 13.4. The van der Waals surface area contributed by atoms with Gasteiger partial charge in [0, 0.05) is 531 Å². The molecular weight excluding hydrogens is 939 g/mol. The van der Waals surface area contributed by atoms with E-state index in [4.69, 9.17) is 37.3 Å². The van der Waals surface area contributed by atoms with Crippen LogP contribution in [0, 0.1) is 64.6 Å². The zero-order chi connectivity index (χ0) is 58.8. The van der Waals surface area contributed by atoms with Gasteiger partial charge >= 0.3 is 5.97 Å². The van der Waals surface area contributed by atoms with Crippen LogP contribution < -0.4 is 0 Å². The molecule has 19 atom stereocenters. The second-order valence-electron chi connectivity index (χ2n) is 24.8. The molecule has 1086 valence electrons. The number of methoxy groups -OCH3 is 4. The van der Waals surface area contributed by atoms with E-state index in [1.54, 1.807) is 20.1 Å². The van der Waals surface area contributed by atoms with E-state index in [-0.39, 0.29) is 539 Å². The lowest BCUT2D eigenvalue weighted by Gasteiger charge is -2.55. The molecule has 3 fully saturated rings. The van der Waals surface area contributed by atoms with Crippen LogP contribution in [0.4, 0.5) is 0 Å². The van der Waals surface area contributed by atoms with Crippen LogP contribution in [0.25, 0.3) is 0 Å². The van der Waals surface area contributed by atoms with Crippen molar-refractivity contribution in [3.8, 4) is 0 Å². The van der Waals surface area contributed by atoms with Gasteiger partial charge in [-0.25, -0.2) is 4.79 Å². The largest absolute Gasteiger partial charge is 0.456 e. The van der Waals surface area contributed by atoms with Gasteiger partial charge < -0.3 is 43.2 Å². The van der Waals surface area contributed by atoms with E-state index in [1.165, 1.54) is 19.1 Å². The average Bonchev–Trinajstić information content (AvgIpc) is 3.36. The fourth-order valence-corrected chi connectivity index (χ4v) is 13.4. The number of fused-ring (bicyclic) bond motifs is 3. The minimum absolute atomic E-state index is 0. The molecule has 74 heavy (non-hydrogen) atoms. The SMILES string of the molecule is [2H]C([2H])([2H])O[C@H]1C(C)[C@@H](C)C(C)C(C)=C(C)[C@@H](CC=C)C(=O)C[C@H](O)[C@@H](C)[C@@H](/C(=C/[C@@H]2CC[C@@](C)(OC)[C@](C)(OC(C)C)C2C)C(C)C)OC(=O)[C@@H]2CC(C)C(C)(C)C(C)N2C(=O)C(=O)[C@]2(OC)O[C@H]1[C@@H](OC)C[C@H]2CC.[HH].[HH].[HH].[HH].[HH].[HH].[HH].[HH].[HH].[HH].[HH].[HH].[HH].[HH].[HH].[HH].[HH].[HH].[HH].[HH].[HH].[HH].[HH].[HH].[HH].[HH].[HH].[HH].[HH].[HH].[HH].[HH].[HH].[HH].[HH].[HH].[HH].[HH].[HH].[HH].[HH].[HH].[HH].[HH].[HH].[HH].[HH].[HH].[HH].[HH].[HH].[HH].[HH].[HH].[HH].[HH].[HH].[HH].[HH].[HH].[HH].[HH].[HH].[HH].[HH].[HH].[HH].[HH].[HH].[HH].[HH].[HH].[HH].[HH].[HH].[HH].[HH].[HH].[HH].[HH].[HH].[HH].[HH].[HH].[HH].[HH].[HH].[HH].[HH].[HH].[HH].[HH].[HH].[HH].[HH].[HH].[HH].[HH].[HH].[HH].[HH].[HH].[HH].[HH].[HH].[HH].[HH].[HH].[HH].[HH].[HH].[HH].[HH].[HH].[HH].[HH].[HH].[HH].[HH].[HH].[HH].[HH].[HH].[HH].[HH].[HH].[HH].[HH].[HH].[HH].[HH].[HH].[HH].[HH].[HH].[HH].[HH].[HH].[HH].[HH].[HH].[HH].[HH].[HH].[HH].[HH].[HH].[HH].[HH].[HH].[HH].[HH].[HH].[HH].[HH].[HH].[HH].[HH].[HH].[HH].[HH].[HH].[HH].[HH].[HH].[HH].[HH].[HH].[HH].[HH].[HH].[HH].[HH].[HH].[HH].[HH].[HH].[HH].[HH].[HH].[HH].[HH].[HH].[HH].[HH].[HH].[HH].[HH].[HH].[HH].[HH].[HH].[HH].[HH].[HH].[HH].[HH].[HH].[HH].[HH].[HH].[HH].[HH].[HH].[HH].[HH].[HH].[HH].[HH].[HH].[HH].[HH].[HH].[HH].[HH].[HH].[HH].[HH].[HH].[HH].[HH].[HH].[HH].[HH].[HH].[HH].[HH].[HH].[HH].[HH].[HH].[HH].[HH].[HH].[HH].[HH].[HH].[HH].[HH].[HH].[HH].[HH].[HH].[HH].[HH].[HH].[HH].[HH].[HH].[HH].[HH].[HH].[HH].[HH].[HH].[HH].[HH].[HH].[HH].[HH].[HH].[HH].[HH].[HH].[HH].[HH].[HH].[HH].[HH].[HH].[HH].[HH].[HH].[HH].[HH].[HH].[HH].[HH].[HH].[HH].[HH].[HH].[HH].[HH].[HH].[HH].[HH].[HH].[HH].[HH].[HH].[HH].[HH].[HH].[HH].[HH].[HH].[HH].[HH].[HH].[HH].[HH].[HH].[HH].[HH].[HH].[HH].[HH].[HH].[HH].[HH].[HH].[HH].[HH].[HH].[HH].[HH].[HH].[HH].[HH].[HH].[HH].[HH].[HH].[HH].[HH].[HH].[HH].[HH].[HH].[HH]. The number of Topliss-reactive ketones (excluding diaryl/α,β-unsaturated/α-hetero) is 2. The standard InChI is InChI=1S/C61H103NO12.331H2/c1-24-26-46-39(11)37(9)36(8)38(10)40(12)53(69-21)54-51(68-20)31-45(25-2)61(71-23,74-54)55(65)56(66)62-43(15)58(16,17)35(7)29-48(62)57(67)72-52(41(13)49(63)32-50(46)64)47(33(3)4)30-44-27-28-59(18,70-22)60(19,42(44)14)73-34(5)6;;;;;;;;;;;;;;;;;;;;;;;;;;;;;;;;;;;;;;;;;;;;;;;;;;;;;;;;;;;;;;;;;;;;;;;;;;;;;;;;;;;;;;;;;;;;;;;;;;;;;;;;;;;;;;;;;;;;;;;;;;;;;;;;;;;;;;;;;;;;;;;;;;;;;;;;;;;;;;;;;;;;;;;;;;;;;;;;;;;;;;;;;;;;;;;;;;;;;;;;;;;;;;;;;;;;;;;;;;;;;;;;;;;;;;;;;;;;;;;;;;;;;;;;;;;;;;;;;;;;;;;;;;;;;;;;;;;;;;;;;;;;;;;;;;;;;;;;;;;;;;;;;;;;;;;;;;;;;;;;;;;;;;;;;;;/h24,30,33-36,38,40-46,48-49,51-54,63H,1,25-29,31-32H2,2-23H3;331*1H/b39-37?,47-30+;;;;;;;;;;;;;;;;;;;;;;;;;;;;;;;;;;;;;;;;;;;;;;;;;;;;;;;;;;;;;;;;;;;;;;;;;;;;;;;;;;;;;;;;;;;;;;;;;;;;;;;;;;;;;;;;;;;;;;;;;;;;;;;;;;;;;;;;;;;;;;;;;;;;;;;;;;;;;;;;;;;;;;;;;;;;;;;;;;;;;;;;;;;;;;;;;;;;;;;;;;;;;;;;;;;;;;;;;;;;;;;;;;;;;;;;;;;;;;;;;;;;;;;;;;;;;;;;;;;;;;;;;;;;;;;;;;;;;;;;;;;;;;;;;;;;;;;;;;;;;;;;;;;;;;;;;;;;;;;;;;;;;;;;;;;/t35?,36?,38-,40?,41+,42?,43?,44-,45+,46+,48-,49-,51-,52-,53-,54-,59+,60+,61+;;;;;;;;;;;;;;;;;;;;;;;;;;;;;;;;;;;;;;;;;;;;;;;;;;;;;;;;;;;;;;;;;;;;;;;;;;;;;;;;;;;;;;;;;;;;;;;;;;;;;;;;;;;;;;;;;;;;;;;;;;;;;;;;;;;;;;;;;;;;;;;;;;;;;;;;;;;;;;;;;;;;;;;;;;;;;;;;;;;;;;;;;;;;;;;;;;;;;;;;;;;;;;;;;;;;;;;;;;;;;;;;;;;;;;;;;;;;;;;;;;;;;;;;;;;;;;;;;;;;;;;;;;;;;;;;;;;;;;;;;;;;;;;;;;;;;;;;;;;;;;;;;;;;;;;;;;;;;;;;;;;;;;;;;;;/m0.........................................................................................................................................................................................................................................................................................................................................../s1/i21D3;;;;;;;;;;;;;;;;;;;;;;;;;;;;;;;;;;;;;;;;;;;;;;;;;;;;;;;;;;;;;;;;;;;;;;;;;;;;;;;;;;;;;;;;;;;;;;;;;;;;;;;;;;;;;;;;;;;;;;;;;;;;;;;;;;;;;;;;;;;;;;;;;;;;;;;;;;;;;;;;;;;;;;;;;;;;;;;;;;;;;;;;;;;;;;;;;;;;;;;;;;;;;;;;;;;;;;;;;;;;;;;;;;;;;;;;;;;;;;;;;;;;;;;;;;;;;;;;;;;;;;;;;;;;;;;;;;;;;;;;;;;;;;;;;;;;;;;;;;;;;;;;;;;;;;;;;;;;;;;;;;;;;;;;;;;. The highest BCUT2D eigenvalue weighted by Crippen LogP contribution is 2.51. The maximum Gasteiger partial charge on any atom is 0.329 e. The van der Waals surface area contributed by atoms with Crippen LogP contribution in [-0.4, -0.2) is 128 Å². The summed E-state index contributed by atoms with van der Waals surface area (Å²) in [6, 6.07) is -1.98. The van der Waals surface area contributed by atoms with Gasteiger partial charge in [0.25, 0.3) is 11.7 Å². The number of allylic oxidation sites excluding steroid dienone is 4. The van der Waals surface area contributed by atoms with Crippen LogP contribution in [0.2, 0.25) is 0 Å². The molecule has 13 nitrogen and oxygen atoms in total. The van der Waals surface area contributed by atoms with E-state index >= 15 is 14.4 Å². The molecule has 2 bridgehead atoms. The normalized spacial score (nSPS) is 42.5. The number of ether oxygens (including phenoxy) is 7. The van der Waals surface area contributed by atoms with Crippen molar-refractivity contribution in [1.82, 2.24) is 4.90 Å². The summed E-state index contributed by atoms with van der Waals surface area (Å²) >= 11 is 0. The summed E-state index contributed by atoms with van der Waals surface area (Å²) in [6.45, 7) is 39.7. The maximum atomic E-state index is 15.7. The van der Waals surface area contributed by atoms with E-state index in [0.717, 1.165) is 23.1 Å². The first-order valence-electron chi connectivity index (χ1n) is 29.5. The maximum absolute atomic E-state index is 15.7. The monoisotopic (exact) mass is 1710 g/mol. The number of aliphatic hydroxyl groups excluding tert-OH is 1. The Bertz CT molecular complexity index is 2400. The first-order valence-corrected chi connectivity index (χ1v) is 28.0. The predicted octanol–water partition coefficient (Wildman–Crippen LogP) is 92.4. The summed E-state index contributed by atoms with van der Waals surface area (Å²) in [5, 5.41) is 12.5. The average molecular weight is 1710 g/mol. The molecule has 1 amide bonds. The van der Waals surface area contributed by atoms with E-state index in [2.05, 4.69) is 33.4 Å². The summed E-state index contributed by atoms with van der Waals surface area (Å²) in [5.74, 6) is -9.21. The molecule has 4 rings (SSSR count). The molecular formula is C61H765NO12. The van der Waals surface area contributed by atoms with E-state index in [1.807, 2.05) is 96.9 Å². The van der Waals surface area contributed by atoms with Crippen molar-refractivity contribution in [2.75, 3.05) is 28.4 Å². The third-order valence-electron chi connectivity index (χ3n) is 20.3. The van der Waals surface area contributed by atoms with Gasteiger partial charge in [0.1, 0.15) is 24.0 Å². The van der Waals surface area contributed by atoms with Crippen molar-refractivity contribution >= 4 is 23.4 Å². The predicted molar refractivity (Wildman–Crippen MR) is 991 cm³/mol. The van der Waals surface area contributed by atoms with E-state index < -0.39 is 113 Å². The molecule has 1 saturated carbocycles. The quantitative estimate of drug-likeness (QED) is 0.112. The van der Waals surface area contributed by atoms with E-state index in [0.29, 0.717) is 19.3 Å². The molecule has 1 N–H and O–H groups in total. The van der Waals surface area contributed by atoms with Crippen molar-refractivity contribution in [2.45, 2.75) is 235 Å². The molecule has 0 aromatic rings. The number of carbonyl (C=O) groups is 4. The number of nitrogens with zero attached hydrogens (tertiary/aromatic N) is 1. The number of amides is 1. The van der Waals surface area contributed by atoms with Crippen molar-refractivity contribution in [3.05, 3.63) is 35.5 Å². The number of rotatable bonds is 12. The minimum Gasteiger partial charge on any atom is -0.456 e. The van der Waals surface area contributed by atoms with Gasteiger partial charge in [0.2, 0.25) is 5.79 Å². The fraction of sp³-hybridized carbons (Fsp3) is 0.836. The Morgan fingerprint density at radius 3 is 2.08 bits per heavy atom. The summed E-state index contributed by atoms with van der Waals surface area (Å²) in [7, 11) is 1.60. The first kappa shape index (κ1) is 58.9. The second kappa shape index (κ2) is 25.3. The minimum atomic E-state index is -2.92. The highest BCUT2D eigenvalue weighted by atomic mass is 16.7. The number of esters is 1. The number of piperidine rings is 1. The molecule has 0 aromatic heterocycles. The Morgan fingerprint density at radius 1 is 0.919 bits per heavy atom. The molecule has 1 aliphatic carbocycles. The van der Waals surface area contributed by atoms with Crippen LogP contribution in [-0.2, 0) is 52.3 Å². The molecule has 3 aliphatic heterocycles. The summed E-state index contributed by atoms with van der Waals surface area (Å²) in [5.41, 5.74) is 0.509. The van der Waals surface area contributed by atoms with Gasteiger partial charge in [-0.05, 0) is 139 Å². The van der Waals surface area contributed by atoms with Crippen molar-refractivity contribution in [3.63, 3.8) is 0 Å². The Morgan fingerprint density at radius 2 is 1.55 bits per heavy atom. The Kier molecular flexibility index (Phi) is 20.2. The number of carbonyl (C=O) groups excluding carboxylic acids is 4. The van der Waals surface area contributed by atoms with Gasteiger partial charge in [-0.15, -0.1) is 6.58 Å². The topological polar surface area (TPSA) is 156 Å². The highest BCUT2D eigenvalue weighted by Gasteiger charge is 2.62. The lowest BCUT2D eigenvalue weighted by atomic mass is 9.62. The molecule has 5 unspecified atom stereocenters. The van der Waals surface area contributed by atoms with Crippen molar-refractivity contribution in [1.29, 1.82) is 0 Å². The van der Waals surface area contributed by atoms with Crippen LogP contribution in [0.1, 0.15) is 646 Å². The molecule has 4 aliphatic rings. The number of ketones is 2. The molecule has 13 heteroatoms. The van der Waals surface area contributed by atoms with Crippen molar-refractivity contribution < 1.29 is 534 Å². The second-order valence-corrected chi connectivity index (χ2v) is 24.8. The first-order chi connectivity index (χ1) is 35.5. The zero-order valence-corrected chi connectivity index (χ0v) is 49.6. The molecule has 0 radical (unpaired) electrons. The summed E-state index contributed by atoms with van der Waals surface area (Å²) in [6.07, 6.45) is 0.209. The van der Waals surface area contributed by atoms with Crippen LogP contribution in [0.5, 0.6) is 0 Å². The molecule has 0 aromatic carbocycles. The number of cyclic esters (lactones) is 1. The van der Waals surface area contributed by atoms with Crippen LogP contribution in [0.3, 0.4) is 0 Å². The summed E-state index contributed by atoms with van der Waals surface area (Å²) in [4.78, 5) is 63.2. The third-order valence-corrected chi connectivity index (χ3v) is 20.3. The number of hydrogen-bond donors (Lipinski definition) is 1. The lowest BCUT2D eigenvalue weighted by Crippen LogP contribution is -2.68. The van der Waals surface area contributed by atoms with Gasteiger partial charge in [-0.2, -0.15) is 0 Å². The Labute approximate surface area is 943 Å². The number of hydrogen-bond acceptors (Lipinski definition) is 12. The Balaban J connectivity index is -0.000000000593. The highest BCUT2D eigenvalue weighted by molar-refractivity contribution is 6.39. The smallest absolute Gasteiger partial charge is 0.329 e. The van der Waals surface area contributed by atoms with Gasteiger partial charge in [0.15, 0.2) is 0 Å². The van der Waals surface area contributed by atoms with Crippen LogP contribution in [0.15, 0.2) is 35.5 Å². The lowest BCUT2D eigenvalue weighted by molar-refractivity contribution is -0.317. The zero-order valence-electron chi connectivity index (χ0n) is 52.6. The summed E-state index contributed by atoms with van der Waals surface area (Å²) < 4.78 is 70.4. The molecule has 3 heterocycles. The Hall–Kier alpha value is -2.78.